The molecular weight excluding hydrogens is 384 g/mol. The highest BCUT2D eigenvalue weighted by molar-refractivity contribution is 7.91. The van der Waals surface area contributed by atoms with Gasteiger partial charge in [-0.2, -0.15) is 5.10 Å². The van der Waals surface area contributed by atoms with E-state index in [9.17, 15) is 13.2 Å². The summed E-state index contributed by atoms with van der Waals surface area (Å²) in [7, 11) is -3.04. The highest BCUT2D eigenvalue weighted by atomic mass is 32.2. The number of aryl methyl sites for hydroxylation is 3. The lowest BCUT2D eigenvalue weighted by molar-refractivity contribution is 0.101. The van der Waals surface area contributed by atoms with Crippen molar-refractivity contribution in [2.75, 3.05) is 16.8 Å². The fourth-order valence-electron chi connectivity index (χ4n) is 4.45. The minimum absolute atomic E-state index is 0.0688. The normalized spacial score (nSPS) is 23.2. The maximum Gasteiger partial charge on any atom is 0.276 e. The second kappa shape index (κ2) is 6.41. The molecule has 1 atom stereocenters. The first kappa shape index (κ1) is 17.4. The number of aromatic nitrogens is 3. The van der Waals surface area contributed by atoms with Crippen LogP contribution < -0.4 is 5.32 Å². The molecule has 3 aliphatic rings. The maximum absolute atomic E-state index is 13.1. The summed E-state index contributed by atoms with van der Waals surface area (Å²) >= 11 is 1.56. The molecule has 2 aliphatic carbocycles. The minimum Gasteiger partial charge on any atom is -0.296 e. The van der Waals surface area contributed by atoms with Crippen molar-refractivity contribution in [3.05, 3.63) is 27.5 Å². The van der Waals surface area contributed by atoms with Crippen molar-refractivity contribution in [3.8, 4) is 0 Å². The molecule has 7 nitrogen and oxygen atoms in total. The number of thiazole rings is 1. The van der Waals surface area contributed by atoms with E-state index in [-0.39, 0.29) is 23.5 Å². The van der Waals surface area contributed by atoms with Gasteiger partial charge in [-0.25, -0.2) is 13.4 Å². The average molecular weight is 407 g/mol. The molecule has 0 radical (unpaired) electrons. The number of nitrogens with zero attached hydrogens (tertiary/aromatic N) is 3. The molecule has 9 heteroatoms. The molecule has 0 bridgehead atoms. The Bertz CT molecular complexity index is 998. The van der Waals surface area contributed by atoms with Crippen LogP contribution in [0.4, 0.5) is 5.13 Å². The van der Waals surface area contributed by atoms with Crippen molar-refractivity contribution in [2.24, 2.45) is 0 Å². The van der Waals surface area contributed by atoms with Gasteiger partial charge in [0, 0.05) is 10.4 Å². The SMILES string of the molecule is O=C(Nc1nc2c(s1)CCCC2)c1c2c(nn1[C@@H]1CCS(=O)(=O)C1)CCC2. The van der Waals surface area contributed by atoms with Crippen molar-refractivity contribution in [1.82, 2.24) is 14.8 Å². The molecule has 27 heavy (non-hydrogen) atoms. The molecule has 0 unspecified atom stereocenters. The molecule has 5 rings (SSSR count). The number of amides is 1. The molecule has 144 valence electrons. The van der Waals surface area contributed by atoms with Crippen molar-refractivity contribution >= 4 is 32.2 Å². The fraction of sp³-hybridized carbons (Fsp3) is 0.611. The van der Waals surface area contributed by atoms with Crippen molar-refractivity contribution in [1.29, 1.82) is 0 Å². The van der Waals surface area contributed by atoms with Crippen molar-refractivity contribution in [2.45, 2.75) is 57.4 Å². The van der Waals surface area contributed by atoms with Crippen LogP contribution in [0.3, 0.4) is 0 Å². The summed E-state index contributed by atoms with van der Waals surface area (Å²) < 4.78 is 25.5. The average Bonchev–Trinajstić information content (AvgIpc) is 3.35. The number of carbonyl (C=O) groups excluding carboxylic acids is 1. The van der Waals surface area contributed by atoms with Crippen LogP contribution in [-0.2, 0) is 35.5 Å². The largest absolute Gasteiger partial charge is 0.296 e. The first-order valence-corrected chi connectivity index (χ1v) is 12.2. The summed E-state index contributed by atoms with van der Waals surface area (Å²) in [6.45, 7) is 0. The van der Waals surface area contributed by atoms with Gasteiger partial charge in [-0.15, -0.1) is 11.3 Å². The molecule has 1 N–H and O–H groups in total. The predicted molar refractivity (Wildman–Crippen MR) is 103 cm³/mol. The van der Waals surface area contributed by atoms with Gasteiger partial charge in [0.05, 0.1) is 28.9 Å². The third-order valence-corrected chi connectivity index (χ3v) is 8.59. The van der Waals surface area contributed by atoms with E-state index in [2.05, 4.69) is 15.4 Å². The van der Waals surface area contributed by atoms with Crippen molar-refractivity contribution < 1.29 is 13.2 Å². The number of rotatable bonds is 3. The summed E-state index contributed by atoms with van der Waals surface area (Å²) in [6.07, 6.45) is 7.55. The molecule has 1 fully saturated rings. The van der Waals surface area contributed by atoms with Crippen LogP contribution in [0.25, 0.3) is 0 Å². The molecule has 0 saturated carbocycles. The summed E-state index contributed by atoms with van der Waals surface area (Å²) in [6, 6.07) is -0.245. The molecular formula is C18H22N4O3S2. The number of anilines is 1. The van der Waals surface area contributed by atoms with Gasteiger partial charge in [-0.05, 0) is 51.4 Å². The Labute approximate surface area is 162 Å². The Morgan fingerprint density at radius 1 is 1.11 bits per heavy atom. The van der Waals surface area contributed by atoms with E-state index in [1.165, 1.54) is 11.3 Å². The number of nitrogens with one attached hydrogen (secondary N) is 1. The highest BCUT2D eigenvalue weighted by Crippen LogP contribution is 2.33. The lowest BCUT2D eigenvalue weighted by atomic mass is 10.0. The van der Waals surface area contributed by atoms with Gasteiger partial charge in [0.15, 0.2) is 15.0 Å². The fourth-order valence-corrected chi connectivity index (χ4v) is 7.18. The molecule has 2 aromatic rings. The van der Waals surface area contributed by atoms with Gasteiger partial charge in [-0.1, -0.05) is 0 Å². The van der Waals surface area contributed by atoms with E-state index in [0.29, 0.717) is 17.2 Å². The molecule has 0 spiro atoms. The van der Waals surface area contributed by atoms with Crippen LogP contribution in [0.2, 0.25) is 0 Å². The van der Waals surface area contributed by atoms with Gasteiger partial charge in [-0.3, -0.25) is 14.8 Å². The zero-order chi connectivity index (χ0) is 18.6. The lowest BCUT2D eigenvalue weighted by Crippen LogP contribution is -2.23. The Hall–Kier alpha value is -1.74. The smallest absolute Gasteiger partial charge is 0.276 e. The second-order valence-electron chi connectivity index (χ2n) is 7.68. The zero-order valence-electron chi connectivity index (χ0n) is 15.0. The van der Waals surface area contributed by atoms with Crippen LogP contribution in [0.15, 0.2) is 0 Å². The number of fused-ring (bicyclic) bond motifs is 2. The van der Waals surface area contributed by atoms with E-state index in [4.69, 9.17) is 0 Å². The Balaban J connectivity index is 1.46. The van der Waals surface area contributed by atoms with E-state index in [1.54, 1.807) is 16.0 Å². The quantitative estimate of drug-likeness (QED) is 0.844. The Morgan fingerprint density at radius 2 is 1.93 bits per heavy atom. The van der Waals surface area contributed by atoms with Crippen LogP contribution in [0.1, 0.15) is 64.0 Å². The zero-order valence-corrected chi connectivity index (χ0v) is 16.7. The number of carbonyl (C=O) groups is 1. The van der Waals surface area contributed by atoms with Gasteiger partial charge >= 0.3 is 0 Å². The molecule has 1 aliphatic heterocycles. The first-order chi connectivity index (χ1) is 13.0. The summed E-state index contributed by atoms with van der Waals surface area (Å²) in [5.41, 5.74) is 3.58. The van der Waals surface area contributed by atoms with Crippen LogP contribution >= 0.6 is 11.3 Å². The van der Waals surface area contributed by atoms with Crippen LogP contribution in [0, 0.1) is 0 Å². The number of hydrogen-bond acceptors (Lipinski definition) is 6. The van der Waals surface area contributed by atoms with Gasteiger partial charge in [0.25, 0.3) is 5.91 Å². The Morgan fingerprint density at radius 3 is 2.70 bits per heavy atom. The van der Waals surface area contributed by atoms with Gasteiger partial charge in [0.2, 0.25) is 0 Å². The van der Waals surface area contributed by atoms with E-state index >= 15 is 0 Å². The lowest BCUT2D eigenvalue weighted by Gasteiger charge is -2.14. The molecule has 1 saturated heterocycles. The highest BCUT2D eigenvalue weighted by Gasteiger charge is 2.35. The third-order valence-electron chi connectivity index (χ3n) is 5.77. The van der Waals surface area contributed by atoms with Crippen LogP contribution in [-0.4, -0.2) is 40.6 Å². The predicted octanol–water partition coefficient (Wildman–Crippen LogP) is 2.32. The molecule has 2 aromatic heterocycles. The van der Waals surface area contributed by atoms with Gasteiger partial charge < -0.3 is 0 Å². The maximum atomic E-state index is 13.1. The Kier molecular flexibility index (Phi) is 4.12. The van der Waals surface area contributed by atoms with E-state index in [1.807, 2.05) is 0 Å². The summed E-state index contributed by atoms with van der Waals surface area (Å²) in [5, 5.41) is 8.26. The van der Waals surface area contributed by atoms with Crippen molar-refractivity contribution in [3.63, 3.8) is 0 Å². The monoisotopic (exact) mass is 406 g/mol. The summed E-state index contributed by atoms with van der Waals surface area (Å²) in [4.78, 5) is 19.0. The van der Waals surface area contributed by atoms with E-state index < -0.39 is 9.84 Å². The van der Waals surface area contributed by atoms with Crippen LogP contribution in [0.5, 0.6) is 0 Å². The molecule has 3 heterocycles. The van der Waals surface area contributed by atoms with E-state index in [0.717, 1.165) is 55.5 Å². The molecule has 0 aromatic carbocycles. The standard InChI is InChI=1S/C18H22N4O3S2/c23-17(20-18-19-14-5-1-2-7-15(14)26-18)16-12-4-3-6-13(12)21-22(16)11-8-9-27(24,25)10-11/h11H,1-10H2,(H,19,20,23)/t11-/m1/s1. The number of hydrogen-bond donors (Lipinski definition) is 1. The second-order valence-corrected chi connectivity index (χ2v) is 11.0. The van der Waals surface area contributed by atoms with Gasteiger partial charge in [0.1, 0.15) is 5.69 Å². The topological polar surface area (TPSA) is 93.9 Å². The molecule has 1 amide bonds. The summed E-state index contributed by atoms with van der Waals surface area (Å²) in [5.74, 6) is 0.0306. The number of sulfone groups is 1. The minimum atomic E-state index is -3.04. The third kappa shape index (κ3) is 3.10. The first-order valence-electron chi connectivity index (χ1n) is 9.61.